The molecule has 0 atom stereocenters. The van der Waals surface area contributed by atoms with E-state index in [1.165, 1.54) is 0 Å². The van der Waals surface area contributed by atoms with E-state index < -0.39 is 5.97 Å². The first-order chi connectivity index (χ1) is 7.54. The molecule has 0 saturated heterocycles. The SMILES string of the molecule is CCOC(=O)CC(=O)c1ccc(Cl)cc1C. The van der Waals surface area contributed by atoms with Crippen LogP contribution in [-0.2, 0) is 9.53 Å². The van der Waals surface area contributed by atoms with Gasteiger partial charge >= 0.3 is 5.97 Å². The zero-order valence-corrected chi connectivity index (χ0v) is 10.0. The average molecular weight is 241 g/mol. The summed E-state index contributed by atoms with van der Waals surface area (Å²) in [4.78, 5) is 22.9. The van der Waals surface area contributed by atoms with Gasteiger partial charge in [0.2, 0.25) is 0 Å². The number of hydrogen-bond acceptors (Lipinski definition) is 3. The number of Topliss-reactive ketones (excluding diaryl/α,β-unsaturated/α-hetero) is 1. The van der Waals surface area contributed by atoms with E-state index in [0.29, 0.717) is 10.6 Å². The molecule has 86 valence electrons. The second-order valence-corrected chi connectivity index (χ2v) is 3.80. The van der Waals surface area contributed by atoms with Gasteiger partial charge < -0.3 is 4.74 Å². The zero-order chi connectivity index (χ0) is 12.1. The van der Waals surface area contributed by atoms with Crippen LogP contribution in [0, 0.1) is 6.92 Å². The van der Waals surface area contributed by atoms with Crippen LogP contribution in [0.4, 0.5) is 0 Å². The molecule has 0 aliphatic heterocycles. The lowest BCUT2D eigenvalue weighted by Gasteiger charge is -2.05. The van der Waals surface area contributed by atoms with Crippen molar-refractivity contribution >= 4 is 23.4 Å². The van der Waals surface area contributed by atoms with Crippen molar-refractivity contribution in [2.75, 3.05) is 6.61 Å². The van der Waals surface area contributed by atoms with Gasteiger partial charge in [-0.05, 0) is 37.6 Å². The van der Waals surface area contributed by atoms with Gasteiger partial charge in [-0.3, -0.25) is 9.59 Å². The number of hydrogen-bond donors (Lipinski definition) is 0. The summed E-state index contributed by atoms with van der Waals surface area (Å²) >= 11 is 5.77. The Morgan fingerprint density at radius 1 is 1.38 bits per heavy atom. The third kappa shape index (κ3) is 3.35. The summed E-state index contributed by atoms with van der Waals surface area (Å²) in [5, 5.41) is 0.574. The molecule has 0 saturated carbocycles. The number of ether oxygens (including phenoxy) is 1. The van der Waals surface area contributed by atoms with E-state index in [9.17, 15) is 9.59 Å². The maximum atomic E-state index is 11.7. The van der Waals surface area contributed by atoms with Gasteiger partial charge in [-0.1, -0.05) is 11.6 Å². The number of halogens is 1. The van der Waals surface area contributed by atoms with Crippen molar-refractivity contribution < 1.29 is 14.3 Å². The quantitative estimate of drug-likeness (QED) is 0.462. The highest BCUT2D eigenvalue weighted by Crippen LogP contribution is 2.16. The molecule has 16 heavy (non-hydrogen) atoms. The Morgan fingerprint density at radius 3 is 2.62 bits per heavy atom. The van der Waals surface area contributed by atoms with Crippen molar-refractivity contribution in [3.63, 3.8) is 0 Å². The van der Waals surface area contributed by atoms with E-state index in [4.69, 9.17) is 16.3 Å². The number of rotatable bonds is 4. The van der Waals surface area contributed by atoms with Crippen LogP contribution in [0.1, 0.15) is 29.3 Å². The normalized spacial score (nSPS) is 9.94. The van der Waals surface area contributed by atoms with Crippen LogP contribution in [-0.4, -0.2) is 18.4 Å². The molecular weight excluding hydrogens is 228 g/mol. The van der Waals surface area contributed by atoms with Crippen molar-refractivity contribution in [3.8, 4) is 0 Å². The predicted octanol–water partition coefficient (Wildman–Crippen LogP) is 2.78. The van der Waals surface area contributed by atoms with Crippen LogP contribution in [0.25, 0.3) is 0 Å². The minimum Gasteiger partial charge on any atom is -0.466 e. The lowest BCUT2D eigenvalue weighted by molar-refractivity contribution is -0.141. The van der Waals surface area contributed by atoms with Gasteiger partial charge in [0.1, 0.15) is 6.42 Å². The average Bonchev–Trinajstić information content (AvgIpc) is 2.17. The minimum absolute atomic E-state index is 0.226. The Balaban J connectivity index is 2.77. The highest BCUT2D eigenvalue weighted by Gasteiger charge is 2.14. The molecule has 0 heterocycles. The number of benzene rings is 1. The molecule has 0 aliphatic carbocycles. The summed E-state index contributed by atoms with van der Waals surface area (Å²) in [5.74, 6) is -0.741. The van der Waals surface area contributed by atoms with Gasteiger partial charge in [-0.25, -0.2) is 0 Å². The molecule has 0 aromatic heterocycles. The third-order valence-corrected chi connectivity index (χ3v) is 2.33. The zero-order valence-electron chi connectivity index (χ0n) is 9.25. The summed E-state index contributed by atoms with van der Waals surface area (Å²) < 4.78 is 4.71. The first kappa shape index (κ1) is 12.7. The smallest absolute Gasteiger partial charge is 0.313 e. The fraction of sp³-hybridized carbons (Fsp3) is 0.333. The molecule has 0 unspecified atom stereocenters. The third-order valence-electron chi connectivity index (χ3n) is 2.10. The van der Waals surface area contributed by atoms with Gasteiger partial charge in [0.15, 0.2) is 5.78 Å². The second-order valence-electron chi connectivity index (χ2n) is 3.36. The molecule has 0 N–H and O–H groups in total. The topological polar surface area (TPSA) is 43.4 Å². The monoisotopic (exact) mass is 240 g/mol. The maximum absolute atomic E-state index is 11.7. The molecule has 1 rings (SSSR count). The molecule has 1 aromatic rings. The fourth-order valence-electron chi connectivity index (χ4n) is 1.38. The van der Waals surface area contributed by atoms with Crippen LogP contribution in [0.5, 0.6) is 0 Å². The molecule has 0 amide bonds. The van der Waals surface area contributed by atoms with E-state index in [2.05, 4.69) is 0 Å². The molecule has 0 spiro atoms. The van der Waals surface area contributed by atoms with E-state index in [0.717, 1.165) is 5.56 Å². The molecule has 4 heteroatoms. The van der Waals surface area contributed by atoms with Crippen LogP contribution < -0.4 is 0 Å². The van der Waals surface area contributed by atoms with Crippen molar-refractivity contribution in [3.05, 3.63) is 34.3 Å². The summed E-state index contributed by atoms with van der Waals surface area (Å²) in [5.41, 5.74) is 1.28. The lowest BCUT2D eigenvalue weighted by Crippen LogP contribution is -2.12. The predicted molar refractivity (Wildman–Crippen MR) is 61.8 cm³/mol. The molecular formula is C12H13ClO3. The highest BCUT2D eigenvalue weighted by atomic mass is 35.5. The summed E-state index contributed by atoms with van der Waals surface area (Å²) in [7, 11) is 0. The number of carbonyl (C=O) groups excluding carboxylic acids is 2. The minimum atomic E-state index is -0.498. The standard InChI is InChI=1S/C12H13ClO3/c1-3-16-12(15)7-11(14)10-5-4-9(13)6-8(10)2/h4-6H,3,7H2,1-2H3. The second kappa shape index (κ2) is 5.66. The van der Waals surface area contributed by atoms with Crippen molar-refractivity contribution in [2.24, 2.45) is 0 Å². The van der Waals surface area contributed by atoms with Gasteiger partial charge in [0.25, 0.3) is 0 Å². The largest absolute Gasteiger partial charge is 0.466 e. The molecule has 3 nitrogen and oxygen atoms in total. The van der Waals surface area contributed by atoms with Gasteiger partial charge in [-0.2, -0.15) is 0 Å². The summed E-state index contributed by atoms with van der Waals surface area (Å²) in [6.07, 6.45) is -0.226. The maximum Gasteiger partial charge on any atom is 0.313 e. The lowest BCUT2D eigenvalue weighted by atomic mass is 10.0. The van der Waals surface area contributed by atoms with Crippen LogP contribution in [0.3, 0.4) is 0 Å². The van der Waals surface area contributed by atoms with Crippen LogP contribution >= 0.6 is 11.6 Å². The number of esters is 1. The first-order valence-corrected chi connectivity index (χ1v) is 5.37. The number of carbonyl (C=O) groups is 2. The Bertz CT molecular complexity index is 413. The molecule has 0 bridgehead atoms. The van der Waals surface area contributed by atoms with Crippen molar-refractivity contribution in [2.45, 2.75) is 20.3 Å². The van der Waals surface area contributed by atoms with Crippen molar-refractivity contribution in [1.82, 2.24) is 0 Å². The van der Waals surface area contributed by atoms with Gasteiger partial charge in [-0.15, -0.1) is 0 Å². The Kier molecular flexibility index (Phi) is 4.50. The van der Waals surface area contributed by atoms with Crippen molar-refractivity contribution in [1.29, 1.82) is 0 Å². The van der Waals surface area contributed by atoms with Gasteiger partial charge in [0, 0.05) is 10.6 Å². The number of ketones is 1. The van der Waals surface area contributed by atoms with E-state index in [-0.39, 0.29) is 18.8 Å². The number of aryl methyl sites for hydroxylation is 1. The van der Waals surface area contributed by atoms with Crippen LogP contribution in [0.15, 0.2) is 18.2 Å². The van der Waals surface area contributed by atoms with Gasteiger partial charge in [0.05, 0.1) is 6.61 Å². The fourth-order valence-corrected chi connectivity index (χ4v) is 1.60. The van der Waals surface area contributed by atoms with E-state index in [1.807, 2.05) is 0 Å². The van der Waals surface area contributed by atoms with E-state index >= 15 is 0 Å². The molecule has 0 fully saturated rings. The molecule has 0 aliphatic rings. The highest BCUT2D eigenvalue weighted by molar-refractivity contribution is 6.30. The summed E-state index contributed by atoms with van der Waals surface area (Å²) in [6, 6.07) is 4.95. The van der Waals surface area contributed by atoms with Crippen LogP contribution in [0.2, 0.25) is 5.02 Å². The summed E-state index contributed by atoms with van der Waals surface area (Å²) in [6.45, 7) is 3.77. The first-order valence-electron chi connectivity index (χ1n) is 4.99. The molecule has 0 radical (unpaired) electrons. The molecule has 1 aromatic carbocycles. The van der Waals surface area contributed by atoms with E-state index in [1.54, 1.807) is 32.0 Å². The Morgan fingerprint density at radius 2 is 2.06 bits per heavy atom. The Hall–Kier alpha value is -1.35. The Labute approximate surface area is 99.4 Å².